The molecule has 1 amide bonds. The lowest BCUT2D eigenvalue weighted by Gasteiger charge is -2.29. The first-order valence-corrected chi connectivity index (χ1v) is 8.24. The first-order chi connectivity index (χ1) is 10.6. The van der Waals surface area contributed by atoms with Gasteiger partial charge in [0.15, 0.2) is 0 Å². The average Bonchev–Trinajstić information content (AvgIpc) is 2.53. The van der Waals surface area contributed by atoms with Crippen molar-refractivity contribution in [1.82, 2.24) is 10.3 Å². The summed E-state index contributed by atoms with van der Waals surface area (Å²) in [6.45, 7) is 6.30. The third-order valence-corrected chi connectivity index (χ3v) is 4.04. The third kappa shape index (κ3) is 4.70. The highest BCUT2D eigenvalue weighted by atomic mass is 16.3. The summed E-state index contributed by atoms with van der Waals surface area (Å²) in [6, 6.07) is 3.65. The molecule has 0 aromatic carbocycles. The number of anilines is 1. The van der Waals surface area contributed by atoms with Crippen LogP contribution in [0.1, 0.15) is 49.9 Å². The Kier molecular flexibility index (Phi) is 6.19. The van der Waals surface area contributed by atoms with Gasteiger partial charge in [-0.25, -0.2) is 4.98 Å². The lowest BCUT2D eigenvalue weighted by atomic mass is 10.0. The van der Waals surface area contributed by atoms with Crippen molar-refractivity contribution in [2.45, 2.75) is 45.6 Å². The molecule has 0 saturated carbocycles. The number of nitrogens with one attached hydrogen (secondary N) is 1. The zero-order chi connectivity index (χ0) is 15.9. The minimum Gasteiger partial charge on any atom is -0.393 e. The van der Waals surface area contributed by atoms with Gasteiger partial charge in [-0.3, -0.25) is 4.79 Å². The number of nitrogens with zero attached hydrogens (tertiary/aromatic N) is 2. The minimum absolute atomic E-state index is 0.0777. The fourth-order valence-electron chi connectivity index (χ4n) is 2.96. The Morgan fingerprint density at radius 1 is 1.36 bits per heavy atom. The number of hydrogen-bond donors (Lipinski definition) is 2. The number of hydrogen-bond acceptors (Lipinski definition) is 4. The quantitative estimate of drug-likeness (QED) is 0.846. The van der Waals surface area contributed by atoms with E-state index in [-0.39, 0.29) is 17.9 Å². The molecular weight excluding hydrogens is 278 g/mol. The van der Waals surface area contributed by atoms with Gasteiger partial charge in [0.2, 0.25) is 0 Å². The van der Waals surface area contributed by atoms with E-state index >= 15 is 0 Å². The molecule has 1 fully saturated rings. The van der Waals surface area contributed by atoms with Crippen LogP contribution in [0.15, 0.2) is 18.3 Å². The highest BCUT2D eigenvalue weighted by molar-refractivity contribution is 5.98. The second-order valence-corrected chi connectivity index (χ2v) is 6.32. The number of amides is 1. The van der Waals surface area contributed by atoms with Crippen molar-refractivity contribution in [3.63, 3.8) is 0 Å². The van der Waals surface area contributed by atoms with Crippen LogP contribution in [0.2, 0.25) is 0 Å². The van der Waals surface area contributed by atoms with Crippen LogP contribution >= 0.6 is 0 Å². The molecule has 0 radical (unpaired) electrons. The van der Waals surface area contributed by atoms with Gasteiger partial charge in [0, 0.05) is 25.8 Å². The maximum Gasteiger partial charge on any atom is 0.255 e. The van der Waals surface area contributed by atoms with Crippen molar-refractivity contribution >= 4 is 11.7 Å². The fraction of sp³-hybridized carbons (Fsp3) is 0.647. The summed E-state index contributed by atoms with van der Waals surface area (Å²) in [5.41, 5.74) is 0.647. The molecule has 1 aliphatic heterocycles. The number of aromatic nitrogens is 1. The molecule has 2 unspecified atom stereocenters. The molecule has 0 aliphatic carbocycles. The molecule has 0 spiro atoms. The molecular formula is C17H27N3O2. The number of carbonyl (C=O) groups is 1. The van der Waals surface area contributed by atoms with Crippen molar-refractivity contribution in [3.05, 3.63) is 23.9 Å². The molecule has 1 aromatic heterocycles. The predicted octanol–water partition coefficient (Wildman–Crippen LogP) is 2.21. The van der Waals surface area contributed by atoms with Gasteiger partial charge < -0.3 is 15.3 Å². The van der Waals surface area contributed by atoms with E-state index in [0.717, 1.165) is 31.7 Å². The van der Waals surface area contributed by atoms with E-state index < -0.39 is 0 Å². The molecule has 1 aliphatic rings. The van der Waals surface area contributed by atoms with Crippen molar-refractivity contribution in [1.29, 1.82) is 0 Å². The highest BCUT2D eigenvalue weighted by Gasteiger charge is 2.19. The van der Waals surface area contributed by atoms with Crippen LogP contribution in [0.3, 0.4) is 0 Å². The van der Waals surface area contributed by atoms with E-state index in [4.69, 9.17) is 0 Å². The molecule has 22 heavy (non-hydrogen) atoms. The molecule has 2 heterocycles. The SMILES string of the molecule is CC(O)CC(C)CNC(=O)c1cccnc1N1CCCCC1. The van der Waals surface area contributed by atoms with Gasteiger partial charge in [-0.05, 0) is 50.7 Å². The molecule has 1 saturated heterocycles. The number of aliphatic hydroxyl groups is 1. The topological polar surface area (TPSA) is 65.5 Å². The predicted molar refractivity (Wildman–Crippen MR) is 88.1 cm³/mol. The second kappa shape index (κ2) is 8.13. The Morgan fingerprint density at radius 2 is 2.09 bits per heavy atom. The Morgan fingerprint density at radius 3 is 2.77 bits per heavy atom. The maximum atomic E-state index is 12.5. The maximum absolute atomic E-state index is 12.5. The monoisotopic (exact) mass is 305 g/mol. The summed E-state index contributed by atoms with van der Waals surface area (Å²) >= 11 is 0. The lowest BCUT2D eigenvalue weighted by molar-refractivity contribution is 0.0939. The molecule has 2 N–H and O–H groups in total. The van der Waals surface area contributed by atoms with Crippen LogP contribution in [-0.4, -0.2) is 41.7 Å². The van der Waals surface area contributed by atoms with Crippen molar-refractivity contribution in [3.8, 4) is 0 Å². The summed E-state index contributed by atoms with van der Waals surface area (Å²) in [4.78, 5) is 19.1. The largest absolute Gasteiger partial charge is 0.393 e. The number of rotatable bonds is 6. The van der Waals surface area contributed by atoms with Crippen LogP contribution in [-0.2, 0) is 0 Å². The van der Waals surface area contributed by atoms with E-state index in [1.807, 2.05) is 19.1 Å². The van der Waals surface area contributed by atoms with Gasteiger partial charge >= 0.3 is 0 Å². The van der Waals surface area contributed by atoms with Gasteiger partial charge in [0.05, 0.1) is 11.7 Å². The van der Waals surface area contributed by atoms with E-state index in [2.05, 4.69) is 15.2 Å². The van der Waals surface area contributed by atoms with Gasteiger partial charge in [0.25, 0.3) is 5.91 Å². The van der Waals surface area contributed by atoms with Crippen LogP contribution < -0.4 is 10.2 Å². The van der Waals surface area contributed by atoms with E-state index in [0.29, 0.717) is 18.5 Å². The van der Waals surface area contributed by atoms with Crippen LogP contribution in [0.25, 0.3) is 0 Å². The summed E-state index contributed by atoms with van der Waals surface area (Å²) in [5, 5.41) is 12.4. The van der Waals surface area contributed by atoms with Crippen LogP contribution in [0, 0.1) is 5.92 Å². The van der Waals surface area contributed by atoms with E-state index in [9.17, 15) is 9.90 Å². The van der Waals surface area contributed by atoms with E-state index in [1.165, 1.54) is 6.42 Å². The smallest absolute Gasteiger partial charge is 0.255 e. The Bertz CT molecular complexity index is 485. The summed E-state index contributed by atoms with van der Waals surface area (Å²) < 4.78 is 0. The highest BCUT2D eigenvalue weighted by Crippen LogP contribution is 2.21. The van der Waals surface area contributed by atoms with Crippen molar-refractivity contribution in [2.24, 2.45) is 5.92 Å². The normalized spacial score (nSPS) is 17.9. The Balaban J connectivity index is 2.00. The zero-order valence-electron chi connectivity index (χ0n) is 13.6. The Hall–Kier alpha value is -1.62. The van der Waals surface area contributed by atoms with E-state index in [1.54, 1.807) is 13.1 Å². The van der Waals surface area contributed by atoms with Crippen molar-refractivity contribution < 1.29 is 9.90 Å². The standard InChI is InChI=1S/C17H27N3O2/c1-13(11-14(2)21)12-19-17(22)15-7-6-8-18-16(15)20-9-4-3-5-10-20/h6-8,13-14,21H,3-5,9-12H2,1-2H3,(H,19,22). The second-order valence-electron chi connectivity index (χ2n) is 6.32. The molecule has 0 bridgehead atoms. The molecule has 1 aromatic rings. The molecule has 2 atom stereocenters. The van der Waals surface area contributed by atoms with Gasteiger partial charge in [-0.2, -0.15) is 0 Å². The zero-order valence-corrected chi connectivity index (χ0v) is 13.6. The minimum atomic E-state index is -0.339. The number of carbonyl (C=O) groups excluding carboxylic acids is 1. The number of aliphatic hydroxyl groups excluding tert-OH is 1. The van der Waals surface area contributed by atoms with Gasteiger partial charge in [-0.15, -0.1) is 0 Å². The third-order valence-electron chi connectivity index (χ3n) is 4.04. The number of pyridine rings is 1. The van der Waals surface area contributed by atoms with Crippen LogP contribution in [0.4, 0.5) is 5.82 Å². The molecule has 5 nitrogen and oxygen atoms in total. The first kappa shape index (κ1) is 16.7. The summed E-state index contributed by atoms with van der Waals surface area (Å²) in [7, 11) is 0. The van der Waals surface area contributed by atoms with Gasteiger partial charge in [-0.1, -0.05) is 6.92 Å². The number of piperidine rings is 1. The van der Waals surface area contributed by atoms with Gasteiger partial charge in [0.1, 0.15) is 5.82 Å². The summed E-state index contributed by atoms with van der Waals surface area (Å²) in [6.07, 6.45) is 5.66. The fourth-order valence-corrected chi connectivity index (χ4v) is 2.96. The lowest BCUT2D eigenvalue weighted by Crippen LogP contribution is -2.34. The molecule has 2 rings (SSSR count). The molecule has 5 heteroatoms. The Labute approximate surface area is 132 Å². The summed E-state index contributed by atoms with van der Waals surface area (Å²) in [5.74, 6) is 0.966. The van der Waals surface area contributed by atoms with Crippen LogP contribution in [0.5, 0.6) is 0 Å². The van der Waals surface area contributed by atoms with Crippen molar-refractivity contribution in [2.75, 3.05) is 24.5 Å². The molecule has 122 valence electrons. The first-order valence-electron chi connectivity index (χ1n) is 8.24. The average molecular weight is 305 g/mol.